The number of nitrogens with one attached hydrogen (secondary N) is 1. The summed E-state index contributed by atoms with van der Waals surface area (Å²) in [4.78, 5) is 0. The van der Waals surface area contributed by atoms with Crippen molar-refractivity contribution in [3.63, 3.8) is 0 Å². The minimum Gasteiger partial charge on any atom is -0.314 e. The van der Waals surface area contributed by atoms with Gasteiger partial charge < -0.3 is 5.32 Å². The number of hydrogen-bond acceptors (Lipinski definition) is 1. The van der Waals surface area contributed by atoms with Crippen molar-refractivity contribution in [1.29, 1.82) is 0 Å². The average molecular weight is 237 g/mol. The van der Waals surface area contributed by atoms with Gasteiger partial charge in [-0.25, -0.2) is 0 Å². The van der Waals surface area contributed by atoms with Crippen LogP contribution in [0.2, 0.25) is 0 Å². The lowest BCUT2D eigenvalue weighted by Gasteiger charge is -2.32. The van der Waals surface area contributed by atoms with Gasteiger partial charge in [-0.05, 0) is 31.2 Å². The van der Waals surface area contributed by atoms with Gasteiger partial charge in [-0.2, -0.15) is 0 Å². The third-order valence-electron chi connectivity index (χ3n) is 4.93. The predicted molar refractivity (Wildman–Crippen MR) is 75.2 cm³/mol. The maximum atomic E-state index is 3.75. The third-order valence-corrected chi connectivity index (χ3v) is 4.93. The number of hydrogen-bond donors (Lipinski definition) is 1. The second-order valence-electron chi connectivity index (χ2n) is 6.38. The maximum absolute atomic E-state index is 3.75. The van der Waals surface area contributed by atoms with Crippen LogP contribution in [0.5, 0.6) is 0 Å². The fourth-order valence-corrected chi connectivity index (χ4v) is 3.68. The molecule has 2 aliphatic rings. The lowest BCUT2D eigenvalue weighted by atomic mass is 9.78. The molecule has 1 atom stereocenters. The van der Waals surface area contributed by atoms with Gasteiger partial charge in [0.05, 0.1) is 0 Å². The predicted octanol–water partition coefficient (Wildman–Crippen LogP) is 4.52. The van der Waals surface area contributed by atoms with E-state index in [1.807, 2.05) is 0 Å². The highest BCUT2D eigenvalue weighted by Gasteiger charge is 2.24. The van der Waals surface area contributed by atoms with Crippen molar-refractivity contribution in [2.24, 2.45) is 11.8 Å². The van der Waals surface area contributed by atoms with Gasteiger partial charge in [0.15, 0.2) is 0 Å². The van der Waals surface area contributed by atoms with E-state index in [9.17, 15) is 0 Å². The van der Waals surface area contributed by atoms with Gasteiger partial charge in [-0.3, -0.25) is 0 Å². The summed E-state index contributed by atoms with van der Waals surface area (Å²) in [5, 5.41) is 3.75. The van der Waals surface area contributed by atoms with Crippen LogP contribution in [0.3, 0.4) is 0 Å². The second-order valence-corrected chi connectivity index (χ2v) is 6.38. The molecule has 0 bridgehead atoms. The largest absolute Gasteiger partial charge is 0.314 e. The monoisotopic (exact) mass is 237 g/mol. The quantitative estimate of drug-likeness (QED) is 0.670. The maximum Gasteiger partial charge on any atom is 0.00722 e. The van der Waals surface area contributed by atoms with Crippen LogP contribution in [-0.2, 0) is 0 Å². The Balaban J connectivity index is 1.73. The molecule has 0 heterocycles. The Morgan fingerprint density at radius 2 is 1.35 bits per heavy atom. The first-order chi connectivity index (χ1) is 8.38. The van der Waals surface area contributed by atoms with E-state index in [-0.39, 0.29) is 0 Å². The normalized spacial score (nSPS) is 25.2. The third kappa shape index (κ3) is 4.62. The van der Waals surface area contributed by atoms with Gasteiger partial charge >= 0.3 is 0 Å². The van der Waals surface area contributed by atoms with Crippen molar-refractivity contribution < 1.29 is 0 Å². The molecule has 0 aromatic rings. The molecule has 1 N–H and O–H groups in total. The van der Waals surface area contributed by atoms with Crippen LogP contribution in [0, 0.1) is 11.8 Å². The summed E-state index contributed by atoms with van der Waals surface area (Å²) in [5.41, 5.74) is 0. The Hall–Kier alpha value is -0.0400. The van der Waals surface area contributed by atoms with Crippen LogP contribution in [0.15, 0.2) is 0 Å². The molecule has 2 aliphatic carbocycles. The van der Waals surface area contributed by atoms with Gasteiger partial charge in [0.25, 0.3) is 0 Å². The zero-order valence-electron chi connectivity index (χ0n) is 11.7. The van der Waals surface area contributed by atoms with Crippen LogP contribution in [0.4, 0.5) is 0 Å². The first-order valence-electron chi connectivity index (χ1n) is 8.12. The first-order valence-corrected chi connectivity index (χ1v) is 8.12. The fourth-order valence-electron chi connectivity index (χ4n) is 3.68. The molecule has 1 nitrogen and oxygen atoms in total. The van der Waals surface area contributed by atoms with Gasteiger partial charge in [-0.1, -0.05) is 64.7 Å². The van der Waals surface area contributed by atoms with Crippen molar-refractivity contribution in [1.82, 2.24) is 5.32 Å². The van der Waals surface area contributed by atoms with Gasteiger partial charge in [-0.15, -0.1) is 0 Å². The van der Waals surface area contributed by atoms with Crippen molar-refractivity contribution in [2.45, 2.75) is 83.6 Å². The van der Waals surface area contributed by atoms with Crippen molar-refractivity contribution in [3.05, 3.63) is 0 Å². The van der Waals surface area contributed by atoms with Crippen molar-refractivity contribution in [2.75, 3.05) is 6.54 Å². The molecule has 0 amide bonds. The molecule has 0 aromatic carbocycles. The lowest BCUT2D eigenvalue weighted by molar-refractivity contribution is 0.236. The smallest absolute Gasteiger partial charge is 0.00722 e. The van der Waals surface area contributed by atoms with Crippen LogP contribution in [0.1, 0.15) is 77.6 Å². The molecular formula is C16H31N. The Morgan fingerprint density at radius 3 is 1.76 bits per heavy atom. The van der Waals surface area contributed by atoms with E-state index in [1.165, 1.54) is 70.6 Å². The molecule has 1 heteroatoms. The minimum absolute atomic E-state index is 0.827. The molecule has 100 valence electrons. The highest BCUT2D eigenvalue weighted by molar-refractivity contribution is 4.80. The molecule has 2 saturated carbocycles. The average Bonchev–Trinajstić information content (AvgIpc) is 2.52. The summed E-state index contributed by atoms with van der Waals surface area (Å²) in [6.07, 6.45) is 16.4. The molecule has 0 spiro atoms. The summed E-state index contributed by atoms with van der Waals surface area (Å²) < 4.78 is 0. The van der Waals surface area contributed by atoms with E-state index in [2.05, 4.69) is 12.2 Å². The Bertz CT molecular complexity index is 190. The van der Waals surface area contributed by atoms with E-state index >= 15 is 0 Å². The molecule has 0 saturated heterocycles. The standard InChI is InChI=1S/C16H31N/c1-2-17-16(13-15-10-7-11-15)12-14-8-5-3-4-6-9-14/h14-17H,2-13H2,1H3. The van der Waals surface area contributed by atoms with E-state index in [0.717, 1.165) is 24.4 Å². The Morgan fingerprint density at radius 1 is 0.824 bits per heavy atom. The number of rotatable bonds is 6. The summed E-state index contributed by atoms with van der Waals surface area (Å²) in [6.45, 7) is 3.42. The zero-order chi connectivity index (χ0) is 11.9. The molecule has 2 rings (SSSR count). The lowest BCUT2D eigenvalue weighted by Crippen LogP contribution is -2.34. The first kappa shape index (κ1) is 13.4. The topological polar surface area (TPSA) is 12.0 Å². The molecule has 1 unspecified atom stereocenters. The highest BCUT2D eigenvalue weighted by Crippen LogP contribution is 2.33. The van der Waals surface area contributed by atoms with Crippen LogP contribution in [-0.4, -0.2) is 12.6 Å². The zero-order valence-corrected chi connectivity index (χ0v) is 11.7. The van der Waals surface area contributed by atoms with E-state index in [1.54, 1.807) is 0 Å². The van der Waals surface area contributed by atoms with Crippen molar-refractivity contribution in [3.8, 4) is 0 Å². The van der Waals surface area contributed by atoms with Crippen molar-refractivity contribution >= 4 is 0 Å². The summed E-state index contributed by atoms with van der Waals surface area (Å²) in [7, 11) is 0. The van der Waals surface area contributed by atoms with Crippen LogP contribution < -0.4 is 5.32 Å². The summed E-state index contributed by atoms with van der Waals surface area (Å²) in [6, 6.07) is 0.827. The molecule has 0 radical (unpaired) electrons. The molecule has 0 aromatic heterocycles. The SMILES string of the molecule is CCNC(CC1CCCCCC1)CC1CCC1. The minimum atomic E-state index is 0.827. The molecule has 2 fully saturated rings. The summed E-state index contributed by atoms with van der Waals surface area (Å²) in [5.74, 6) is 2.09. The van der Waals surface area contributed by atoms with E-state index < -0.39 is 0 Å². The Labute approximate surface area is 108 Å². The van der Waals surface area contributed by atoms with Gasteiger partial charge in [0, 0.05) is 6.04 Å². The van der Waals surface area contributed by atoms with E-state index in [0.29, 0.717) is 0 Å². The van der Waals surface area contributed by atoms with Gasteiger partial charge in [0.2, 0.25) is 0 Å². The van der Waals surface area contributed by atoms with Crippen LogP contribution >= 0.6 is 0 Å². The highest BCUT2D eigenvalue weighted by atomic mass is 14.9. The van der Waals surface area contributed by atoms with Crippen LogP contribution in [0.25, 0.3) is 0 Å². The fraction of sp³-hybridized carbons (Fsp3) is 1.00. The molecular weight excluding hydrogens is 206 g/mol. The molecule has 17 heavy (non-hydrogen) atoms. The molecule has 0 aliphatic heterocycles. The van der Waals surface area contributed by atoms with E-state index in [4.69, 9.17) is 0 Å². The summed E-state index contributed by atoms with van der Waals surface area (Å²) >= 11 is 0. The Kier molecular flexibility index (Phi) is 5.84. The second kappa shape index (κ2) is 7.41. The van der Waals surface area contributed by atoms with Gasteiger partial charge in [0.1, 0.15) is 0 Å².